The van der Waals surface area contributed by atoms with Crippen molar-refractivity contribution in [1.29, 1.82) is 0 Å². The molecule has 3 amide bonds. The number of carbonyl (C=O) groups excluding carboxylic acids is 3. The molecule has 3 rings (SSSR count). The molecule has 0 saturated carbocycles. The van der Waals surface area contributed by atoms with E-state index in [-0.39, 0.29) is 11.5 Å². The summed E-state index contributed by atoms with van der Waals surface area (Å²) in [4.78, 5) is 37.6. The lowest BCUT2D eigenvalue weighted by Crippen LogP contribution is -2.41. The highest BCUT2D eigenvalue weighted by molar-refractivity contribution is 6.06. The van der Waals surface area contributed by atoms with Crippen LogP contribution in [0.5, 0.6) is 11.5 Å². The van der Waals surface area contributed by atoms with Crippen LogP contribution in [0.15, 0.2) is 66.7 Å². The van der Waals surface area contributed by atoms with Gasteiger partial charge in [-0.25, -0.2) is 0 Å². The second-order valence-corrected chi connectivity index (χ2v) is 7.47. The second kappa shape index (κ2) is 11.5. The molecule has 0 radical (unpaired) electrons. The Morgan fingerprint density at radius 1 is 0.765 bits per heavy atom. The van der Waals surface area contributed by atoms with E-state index in [0.29, 0.717) is 34.9 Å². The molecule has 0 heterocycles. The monoisotopic (exact) mass is 461 g/mol. The van der Waals surface area contributed by atoms with Crippen molar-refractivity contribution < 1.29 is 23.9 Å². The summed E-state index contributed by atoms with van der Waals surface area (Å²) in [5.74, 6) is -0.369. The van der Waals surface area contributed by atoms with Gasteiger partial charge in [-0.05, 0) is 61.4 Å². The number of rotatable bonds is 8. The highest BCUT2D eigenvalue weighted by Crippen LogP contribution is 2.28. The normalized spacial score (nSPS) is 10.2. The molecule has 0 saturated heterocycles. The van der Waals surface area contributed by atoms with Crippen molar-refractivity contribution in [2.24, 2.45) is 0 Å². The third-order valence-corrected chi connectivity index (χ3v) is 4.96. The van der Waals surface area contributed by atoms with Crippen LogP contribution >= 0.6 is 0 Å². The van der Waals surface area contributed by atoms with Crippen LogP contribution in [-0.2, 0) is 0 Å². The van der Waals surface area contributed by atoms with Gasteiger partial charge >= 0.3 is 0 Å². The largest absolute Gasteiger partial charge is 0.493 e. The van der Waals surface area contributed by atoms with E-state index in [0.717, 1.165) is 12.0 Å². The first-order valence-corrected chi connectivity index (χ1v) is 10.8. The zero-order chi connectivity index (χ0) is 24.5. The highest BCUT2D eigenvalue weighted by Gasteiger charge is 2.14. The molecule has 8 nitrogen and oxygen atoms in total. The van der Waals surface area contributed by atoms with Crippen molar-refractivity contribution in [3.05, 3.63) is 89.0 Å². The molecule has 3 aromatic carbocycles. The molecule has 8 heteroatoms. The van der Waals surface area contributed by atoms with Crippen molar-refractivity contribution in [3.8, 4) is 11.5 Å². The number of carbonyl (C=O) groups is 3. The van der Waals surface area contributed by atoms with Crippen molar-refractivity contribution in [3.63, 3.8) is 0 Å². The van der Waals surface area contributed by atoms with Crippen LogP contribution in [0.2, 0.25) is 0 Å². The Balaban J connectivity index is 1.65. The summed E-state index contributed by atoms with van der Waals surface area (Å²) in [6.07, 6.45) is 0.841. The predicted octanol–water partition coefficient (Wildman–Crippen LogP) is 4.12. The van der Waals surface area contributed by atoms with E-state index in [1.165, 1.54) is 13.2 Å². The van der Waals surface area contributed by atoms with Crippen LogP contribution in [0, 0.1) is 6.92 Å². The molecule has 0 aromatic heterocycles. The minimum atomic E-state index is -0.529. The smallest absolute Gasteiger partial charge is 0.269 e. The first-order valence-electron chi connectivity index (χ1n) is 10.8. The average molecular weight is 462 g/mol. The second-order valence-electron chi connectivity index (χ2n) is 7.47. The average Bonchev–Trinajstić information content (AvgIpc) is 2.87. The quantitative estimate of drug-likeness (QED) is 0.438. The molecule has 0 aliphatic rings. The molecule has 176 valence electrons. The van der Waals surface area contributed by atoms with E-state index < -0.39 is 11.8 Å². The van der Waals surface area contributed by atoms with Crippen LogP contribution in [0.4, 0.5) is 5.69 Å². The summed E-state index contributed by atoms with van der Waals surface area (Å²) >= 11 is 0. The molecule has 0 aliphatic carbocycles. The van der Waals surface area contributed by atoms with Gasteiger partial charge in [0.15, 0.2) is 11.5 Å². The van der Waals surface area contributed by atoms with Gasteiger partial charge in [0.2, 0.25) is 0 Å². The number of nitrogens with one attached hydrogen (secondary N) is 3. The molecule has 3 N–H and O–H groups in total. The van der Waals surface area contributed by atoms with Crippen LogP contribution < -0.4 is 25.6 Å². The topological polar surface area (TPSA) is 106 Å². The predicted molar refractivity (Wildman–Crippen MR) is 129 cm³/mol. The number of amides is 3. The first kappa shape index (κ1) is 24.3. The summed E-state index contributed by atoms with van der Waals surface area (Å²) in [7, 11) is 1.49. The molecule has 0 atom stereocenters. The zero-order valence-corrected chi connectivity index (χ0v) is 19.3. The van der Waals surface area contributed by atoms with Crippen LogP contribution in [-0.4, -0.2) is 31.4 Å². The minimum absolute atomic E-state index is 0.273. The lowest BCUT2D eigenvalue weighted by molar-refractivity contribution is 0.0846. The summed E-state index contributed by atoms with van der Waals surface area (Å²) in [5.41, 5.74) is 7.15. The van der Waals surface area contributed by atoms with Gasteiger partial charge in [0.05, 0.1) is 13.7 Å². The van der Waals surface area contributed by atoms with Gasteiger partial charge in [-0.2, -0.15) is 0 Å². The minimum Gasteiger partial charge on any atom is -0.493 e. The van der Waals surface area contributed by atoms with Gasteiger partial charge in [-0.3, -0.25) is 25.2 Å². The van der Waals surface area contributed by atoms with Crippen LogP contribution in [0.1, 0.15) is 50.0 Å². The van der Waals surface area contributed by atoms with Gasteiger partial charge in [0.25, 0.3) is 17.7 Å². The Morgan fingerprint density at radius 2 is 1.41 bits per heavy atom. The fraction of sp³-hybridized carbons (Fsp3) is 0.192. The number of ether oxygens (including phenoxy) is 2. The molecular weight excluding hydrogens is 434 g/mol. The molecule has 0 spiro atoms. The molecule has 0 fully saturated rings. The number of hydrazine groups is 1. The molecular formula is C26H27N3O5. The van der Waals surface area contributed by atoms with Crippen LogP contribution in [0.25, 0.3) is 0 Å². The van der Waals surface area contributed by atoms with Crippen molar-refractivity contribution in [2.75, 3.05) is 19.0 Å². The number of hydrogen-bond acceptors (Lipinski definition) is 5. The Morgan fingerprint density at radius 3 is 2.06 bits per heavy atom. The number of anilines is 1. The maximum absolute atomic E-state index is 12.6. The van der Waals surface area contributed by atoms with Gasteiger partial charge in [0, 0.05) is 22.4 Å². The van der Waals surface area contributed by atoms with Crippen molar-refractivity contribution in [2.45, 2.75) is 20.3 Å². The number of hydrogen-bond donors (Lipinski definition) is 3. The third-order valence-electron chi connectivity index (χ3n) is 4.96. The third kappa shape index (κ3) is 6.13. The SMILES string of the molecule is CCCOc1ccc(C(=O)NNC(=O)c2ccc(C)c(NC(=O)c3ccccc3)c2)cc1OC. The standard InChI is InChI=1S/C26H27N3O5/c1-4-14-34-22-13-12-20(16-23(22)33-3)26(32)29-28-25(31)19-11-10-17(2)21(15-19)27-24(30)18-8-6-5-7-9-18/h5-13,15-16H,4,14H2,1-3H3,(H,27,30)(H,28,31)(H,29,32). The van der Waals surface area contributed by atoms with E-state index >= 15 is 0 Å². The lowest BCUT2D eigenvalue weighted by Gasteiger charge is -2.13. The van der Waals surface area contributed by atoms with Crippen molar-refractivity contribution in [1.82, 2.24) is 10.9 Å². The van der Waals surface area contributed by atoms with Gasteiger partial charge in [-0.1, -0.05) is 31.2 Å². The van der Waals surface area contributed by atoms with Crippen molar-refractivity contribution >= 4 is 23.4 Å². The fourth-order valence-corrected chi connectivity index (χ4v) is 3.08. The van der Waals surface area contributed by atoms with Gasteiger partial charge in [-0.15, -0.1) is 0 Å². The van der Waals surface area contributed by atoms with E-state index in [9.17, 15) is 14.4 Å². The highest BCUT2D eigenvalue weighted by atomic mass is 16.5. The number of aryl methyl sites for hydroxylation is 1. The Kier molecular flexibility index (Phi) is 8.23. The summed E-state index contributed by atoms with van der Waals surface area (Å²) in [6, 6.07) is 18.4. The summed E-state index contributed by atoms with van der Waals surface area (Å²) < 4.78 is 10.9. The maximum Gasteiger partial charge on any atom is 0.269 e. The van der Waals surface area contributed by atoms with E-state index in [1.54, 1.807) is 54.6 Å². The van der Waals surface area contributed by atoms with Gasteiger partial charge in [0.1, 0.15) is 0 Å². The van der Waals surface area contributed by atoms with Crippen LogP contribution in [0.3, 0.4) is 0 Å². The zero-order valence-electron chi connectivity index (χ0n) is 19.3. The number of methoxy groups -OCH3 is 1. The summed E-state index contributed by atoms with van der Waals surface area (Å²) in [6.45, 7) is 4.35. The molecule has 34 heavy (non-hydrogen) atoms. The van der Waals surface area contributed by atoms with Gasteiger partial charge < -0.3 is 14.8 Å². The molecule has 3 aromatic rings. The summed E-state index contributed by atoms with van der Waals surface area (Å²) in [5, 5.41) is 2.81. The Labute approximate surface area is 198 Å². The van der Waals surface area contributed by atoms with E-state index in [2.05, 4.69) is 16.2 Å². The van der Waals surface area contributed by atoms with E-state index in [4.69, 9.17) is 9.47 Å². The Bertz CT molecular complexity index is 1180. The number of benzene rings is 3. The molecule has 0 bridgehead atoms. The molecule has 0 unspecified atom stereocenters. The first-order chi connectivity index (χ1) is 16.4. The molecule has 0 aliphatic heterocycles. The Hall–Kier alpha value is -4.33. The van der Waals surface area contributed by atoms with E-state index in [1.807, 2.05) is 19.9 Å². The lowest BCUT2D eigenvalue weighted by atomic mass is 10.1. The maximum atomic E-state index is 12.6. The fourth-order valence-electron chi connectivity index (χ4n) is 3.08.